The molecule has 0 saturated carbocycles. The van der Waals surface area contributed by atoms with Gasteiger partial charge in [-0.1, -0.05) is 0 Å². The van der Waals surface area contributed by atoms with Crippen LogP contribution in [-0.4, -0.2) is 26.1 Å². The van der Waals surface area contributed by atoms with E-state index in [9.17, 15) is 8.78 Å². The van der Waals surface area contributed by atoms with Crippen molar-refractivity contribution in [3.05, 3.63) is 63.7 Å². The molecule has 0 unspecified atom stereocenters. The topological polar surface area (TPSA) is 47.7 Å². The van der Waals surface area contributed by atoms with Crippen LogP contribution in [0.3, 0.4) is 0 Å². The third-order valence-corrected chi connectivity index (χ3v) is 5.09. The van der Waals surface area contributed by atoms with Crippen molar-refractivity contribution >= 4 is 0 Å². The molecule has 0 spiro atoms. The normalized spacial score (nSPS) is 11.4. The zero-order chi connectivity index (χ0) is 19.7. The lowest BCUT2D eigenvalue weighted by atomic mass is 10.1. The summed E-state index contributed by atoms with van der Waals surface area (Å²) in [6.07, 6.45) is 0.893. The zero-order valence-electron chi connectivity index (χ0n) is 16.4. The molecule has 27 heavy (non-hydrogen) atoms. The van der Waals surface area contributed by atoms with E-state index < -0.39 is 11.6 Å². The molecule has 2 heterocycles. The average molecular weight is 373 g/mol. The van der Waals surface area contributed by atoms with Crippen LogP contribution in [0.1, 0.15) is 33.9 Å². The molecule has 0 radical (unpaired) electrons. The lowest BCUT2D eigenvalue weighted by Crippen LogP contribution is -2.18. The molecule has 144 valence electrons. The molecule has 3 aromatic rings. The van der Waals surface area contributed by atoms with Gasteiger partial charge in [-0.3, -0.25) is 4.68 Å². The van der Waals surface area contributed by atoms with Crippen molar-refractivity contribution < 1.29 is 8.78 Å². The molecular formula is C20H25F2N5. The summed E-state index contributed by atoms with van der Waals surface area (Å²) in [5.41, 5.74) is 6.47. The number of aromatic nitrogens is 4. The molecule has 1 N–H and O–H groups in total. The van der Waals surface area contributed by atoms with Crippen LogP contribution < -0.4 is 5.32 Å². The summed E-state index contributed by atoms with van der Waals surface area (Å²) < 4.78 is 30.7. The van der Waals surface area contributed by atoms with Crippen LogP contribution >= 0.6 is 0 Å². The lowest BCUT2D eigenvalue weighted by Gasteiger charge is -2.08. The van der Waals surface area contributed by atoms with Crippen LogP contribution in [-0.2, 0) is 20.0 Å². The molecule has 0 fully saturated rings. The van der Waals surface area contributed by atoms with E-state index in [1.54, 1.807) is 0 Å². The summed E-state index contributed by atoms with van der Waals surface area (Å²) in [5, 5.41) is 12.3. The lowest BCUT2D eigenvalue weighted by molar-refractivity contribution is 0.572. The fourth-order valence-electron chi connectivity index (χ4n) is 3.42. The largest absolute Gasteiger partial charge is 0.312 e. The monoisotopic (exact) mass is 373 g/mol. The van der Waals surface area contributed by atoms with E-state index in [2.05, 4.69) is 22.4 Å². The van der Waals surface area contributed by atoms with Crippen molar-refractivity contribution in [3.63, 3.8) is 0 Å². The standard InChI is InChI=1S/C20H25F2N5/c1-12-17(14(3)26(5)24-12)8-9-23-11-18-13(2)25-27(15(18)4)20-7-6-16(21)10-19(20)22/h6-7,10,23H,8-9,11H2,1-5H3. The summed E-state index contributed by atoms with van der Waals surface area (Å²) in [6.45, 7) is 9.34. The number of halogens is 2. The molecule has 0 atom stereocenters. The van der Waals surface area contributed by atoms with Crippen LogP contribution in [0.4, 0.5) is 8.78 Å². The zero-order valence-corrected chi connectivity index (χ0v) is 16.4. The van der Waals surface area contributed by atoms with Gasteiger partial charge in [0.25, 0.3) is 0 Å². The summed E-state index contributed by atoms with van der Waals surface area (Å²) in [4.78, 5) is 0. The minimum absolute atomic E-state index is 0.254. The van der Waals surface area contributed by atoms with Crippen molar-refractivity contribution in [1.82, 2.24) is 24.9 Å². The van der Waals surface area contributed by atoms with Crippen LogP contribution in [0.2, 0.25) is 0 Å². The van der Waals surface area contributed by atoms with E-state index in [0.717, 1.165) is 41.7 Å². The molecule has 2 aromatic heterocycles. The van der Waals surface area contributed by atoms with Gasteiger partial charge in [-0.2, -0.15) is 10.2 Å². The number of nitrogens with zero attached hydrogens (tertiary/aromatic N) is 4. The van der Waals surface area contributed by atoms with Gasteiger partial charge in [-0.05, 0) is 58.4 Å². The third kappa shape index (κ3) is 3.78. The summed E-state index contributed by atoms with van der Waals surface area (Å²) in [6, 6.07) is 3.53. The molecule has 7 heteroatoms. The van der Waals surface area contributed by atoms with Gasteiger partial charge in [-0.25, -0.2) is 13.5 Å². The van der Waals surface area contributed by atoms with Gasteiger partial charge in [0.1, 0.15) is 11.5 Å². The first-order valence-corrected chi connectivity index (χ1v) is 9.00. The Bertz CT molecular complexity index is 971. The number of benzene rings is 1. The minimum Gasteiger partial charge on any atom is -0.312 e. The van der Waals surface area contributed by atoms with Crippen molar-refractivity contribution in [1.29, 1.82) is 0 Å². The van der Waals surface area contributed by atoms with E-state index in [1.807, 2.05) is 32.5 Å². The highest BCUT2D eigenvalue weighted by atomic mass is 19.1. The maximum Gasteiger partial charge on any atom is 0.151 e. The highest BCUT2D eigenvalue weighted by Gasteiger charge is 2.16. The number of nitrogens with one attached hydrogen (secondary N) is 1. The quantitative estimate of drug-likeness (QED) is 0.673. The molecule has 0 bridgehead atoms. The predicted molar refractivity (Wildman–Crippen MR) is 101 cm³/mol. The summed E-state index contributed by atoms with van der Waals surface area (Å²) in [7, 11) is 1.95. The number of hydrogen-bond acceptors (Lipinski definition) is 3. The van der Waals surface area contributed by atoms with Crippen LogP contribution in [0.25, 0.3) is 5.69 Å². The second kappa shape index (κ2) is 7.60. The maximum absolute atomic E-state index is 14.1. The smallest absolute Gasteiger partial charge is 0.151 e. The number of hydrogen-bond donors (Lipinski definition) is 1. The number of aryl methyl sites for hydroxylation is 3. The maximum atomic E-state index is 14.1. The highest BCUT2D eigenvalue weighted by molar-refractivity contribution is 5.38. The average Bonchev–Trinajstić information content (AvgIpc) is 3.01. The first kappa shape index (κ1) is 19.2. The Hall–Kier alpha value is -2.54. The Morgan fingerprint density at radius 1 is 0.963 bits per heavy atom. The van der Waals surface area contributed by atoms with Crippen LogP contribution in [0.5, 0.6) is 0 Å². The molecule has 0 amide bonds. The molecule has 3 rings (SSSR count). The first-order chi connectivity index (χ1) is 12.8. The van der Waals surface area contributed by atoms with Gasteiger partial charge in [0.15, 0.2) is 5.82 Å². The molecule has 1 aromatic carbocycles. The molecule has 5 nitrogen and oxygen atoms in total. The Morgan fingerprint density at radius 3 is 2.30 bits per heavy atom. The van der Waals surface area contributed by atoms with Gasteiger partial charge in [0, 0.05) is 36.6 Å². The van der Waals surface area contributed by atoms with Crippen molar-refractivity contribution in [3.8, 4) is 5.69 Å². The van der Waals surface area contributed by atoms with Gasteiger partial charge < -0.3 is 5.32 Å². The van der Waals surface area contributed by atoms with E-state index in [0.29, 0.717) is 6.54 Å². The van der Waals surface area contributed by atoms with Crippen LogP contribution in [0.15, 0.2) is 18.2 Å². The predicted octanol–water partition coefficient (Wildman–Crippen LogP) is 3.45. The molecule has 0 aliphatic carbocycles. The fraction of sp³-hybridized carbons (Fsp3) is 0.400. The van der Waals surface area contributed by atoms with Gasteiger partial charge in [-0.15, -0.1) is 0 Å². The second-order valence-electron chi connectivity index (χ2n) is 6.86. The van der Waals surface area contributed by atoms with E-state index in [1.165, 1.54) is 28.1 Å². The van der Waals surface area contributed by atoms with Crippen molar-refractivity contribution in [2.75, 3.05) is 6.54 Å². The SMILES string of the molecule is Cc1nn(C)c(C)c1CCNCc1c(C)nn(-c2ccc(F)cc2F)c1C. The van der Waals surface area contributed by atoms with E-state index >= 15 is 0 Å². The Balaban J connectivity index is 1.70. The molecule has 0 saturated heterocycles. The Morgan fingerprint density at radius 2 is 1.67 bits per heavy atom. The van der Waals surface area contributed by atoms with Crippen molar-refractivity contribution in [2.24, 2.45) is 7.05 Å². The minimum atomic E-state index is -0.623. The van der Waals surface area contributed by atoms with Gasteiger partial charge in [0.05, 0.1) is 11.4 Å². The Labute approximate surface area is 158 Å². The fourth-order valence-corrected chi connectivity index (χ4v) is 3.42. The number of rotatable bonds is 6. The first-order valence-electron chi connectivity index (χ1n) is 9.00. The molecular weight excluding hydrogens is 348 g/mol. The summed E-state index contributed by atoms with van der Waals surface area (Å²) >= 11 is 0. The molecule has 0 aliphatic rings. The van der Waals surface area contributed by atoms with Crippen LogP contribution in [0, 0.1) is 39.3 Å². The second-order valence-corrected chi connectivity index (χ2v) is 6.86. The van der Waals surface area contributed by atoms with Crippen molar-refractivity contribution in [2.45, 2.75) is 40.7 Å². The summed E-state index contributed by atoms with van der Waals surface area (Å²) in [5.74, 6) is -1.22. The third-order valence-electron chi connectivity index (χ3n) is 5.09. The molecule has 0 aliphatic heterocycles. The van der Waals surface area contributed by atoms with Gasteiger partial charge >= 0.3 is 0 Å². The Kier molecular flexibility index (Phi) is 5.41. The van der Waals surface area contributed by atoms with Gasteiger partial charge in [0.2, 0.25) is 0 Å². The van der Waals surface area contributed by atoms with E-state index in [4.69, 9.17) is 0 Å². The highest BCUT2D eigenvalue weighted by Crippen LogP contribution is 2.21. The van der Waals surface area contributed by atoms with E-state index in [-0.39, 0.29) is 5.69 Å².